The van der Waals surface area contributed by atoms with Crippen LogP contribution in [-0.2, 0) is 16.6 Å². The van der Waals surface area contributed by atoms with Crippen LogP contribution in [0.2, 0.25) is 0 Å². The summed E-state index contributed by atoms with van der Waals surface area (Å²) in [6.45, 7) is 6.99. The molecule has 1 fully saturated rings. The van der Waals surface area contributed by atoms with Crippen molar-refractivity contribution < 1.29 is 13.2 Å². The second kappa shape index (κ2) is 8.48. The molecule has 1 N–H and O–H groups in total. The fraction of sp³-hybridized carbons (Fsp3) is 0.375. The van der Waals surface area contributed by atoms with E-state index in [-0.39, 0.29) is 12.3 Å². The molecule has 0 bridgehead atoms. The summed E-state index contributed by atoms with van der Waals surface area (Å²) in [5.41, 5.74) is 2.53. The predicted molar refractivity (Wildman–Crippen MR) is 127 cm³/mol. The molecule has 0 saturated carbocycles. The number of rotatable bonds is 5. The second-order valence-corrected chi connectivity index (χ2v) is 10.8. The minimum Gasteiger partial charge on any atom is -0.362 e. The number of ketones is 1. The molecule has 2 aromatic carbocycles. The third-order valence-electron chi connectivity index (χ3n) is 6.37. The average molecular weight is 466 g/mol. The molecular weight excluding hydrogens is 438 g/mol. The predicted octanol–water partition coefficient (Wildman–Crippen LogP) is 2.87. The van der Waals surface area contributed by atoms with Gasteiger partial charge in [-0.1, -0.05) is 38.1 Å². The minimum atomic E-state index is -3.51. The summed E-state index contributed by atoms with van der Waals surface area (Å²) in [6.07, 6.45) is 0. The summed E-state index contributed by atoms with van der Waals surface area (Å²) in [5, 5.41) is 3.88. The Morgan fingerprint density at radius 1 is 1.00 bits per heavy atom. The molecule has 2 aliphatic rings. The summed E-state index contributed by atoms with van der Waals surface area (Å²) >= 11 is 0. The van der Waals surface area contributed by atoms with Crippen LogP contribution in [0.4, 0.5) is 5.82 Å². The standard InChI is InChI=1S/C24H27N5O3S/c1-16(2)17-6-8-18(9-7-17)33(31,32)29-12-10-28(11-13-29)15-22-26-20-5-3-4-19-21(30)14-25-24(27-22)23(19)20/h3-9,16H,10-15H2,1-2H3,(H,25,26,27). The summed E-state index contributed by atoms with van der Waals surface area (Å²) in [6, 6.07) is 12.7. The second-order valence-electron chi connectivity index (χ2n) is 8.87. The Hall–Kier alpha value is -2.88. The van der Waals surface area contributed by atoms with E-state index in [9.17, 15) is 13.2 Å². The zero-order valence-electron chi connectivity index (χ0n) is 18.8. The lowest BCUT2D eigenvalue weighted by molar-refractivity contribution is 0.101. The van der Waals surface area contributed by atoms with Gasteiger partial charge in [-0.25, -0.2) is 18.4 Å². The monoisotopic (exact) mass is 465 g/mol. The normalized spacial score (nSPS) is 17.5. The van der Waals surface area contributed by atoms with Gasteiger partial charge < -0.3 is 5.32 Å². The highest BCUT2D eigenvalue weighted by molar-refractivity contribution is 7.89. The van der Waals surface area contributed by atoms with Gasteiger partial charge in [-0.05, 0) is 29.7 Å². The highest BCUT2D eigenvalue weighted by atomic mass is 32.2. The van der Waals surface area contributed by atoms with E-state index >= 15 is 0 Å². The van der Waals surface area contributed by atoms with Crippen LogP contribution in [0, 0.1) is 0 Å². The van der Waals surface area contributed by atoms with E-state index in [0.717, 1.165) is 16.5 Å². The van der Waals surface area contributed by atoms with E-state index in [0.29, 0.717) is 60.7 Å². The van der Waals surface area contributed by atoms with E-state index in [2.05, 4.69) is 34.0 Å². The topological polar surface area (TPSA) is 95.5 Å². The first-order chi connectivity index (χ1) is 15.8. The summed E-state index contributed by atoms with van der Waals surface area (Å²) in [5.74, 6) is 1.76. The van der Waals surface area contributed by atoms with Gasteiger partial charge in [0.2, 0.25) is 10.0 Å². The molecule has 3 aromatic rings. The highest BCUT2D eigenvalue weighted by Gasteiger charge is 2.29. The number of piperazine rings is 1. The Morgan fingerprint density at radius 3 is 2.42 bits per heavy atom. The molecule has 1 aromatic heterocycles. The van der Waals surface area contributed by atoms with Crippen LogP contribution in [0.15, 0.2) is 47.4 Å². The van der Waals surface area contributed by atoms with Gasteiger partial charge >= 0.3 is 0 Å². The number of nitrogens with one attached hydrogen (secondary N) is 1. The van der Waals surface area contributed by atoms with Crippen molar-refractivity contribution in [3.05, 3.63) is 59.4 Å². The number of hydrogen-bond acceptors (Lipinski definition) is 7. The number of carbonyl (C=O) groups excluding carboxylic acids is 1. The van der Waals surface area contributed by atoms with E-state index in [1.54, 1.807) is 16.4 Å². The Balaban J connectivity index is 1.28. The van der Waals surface area contributed by atoms with Crippen molar-refractivity contribution in [2.75, 3.05) is 38.0 Å². The van der Waals surface area contributed by atoms with Crippen molar-refractivity contribution in [2.45, 2.75) is 31.2 Å². The van der Waals surface area contributed by atoms with Gasteiger partial charge in [0.05, 0.1) is 28.9 Å². The number of Topliss-reactive ketones (excluding diaryl/α,β-unsaturated/α-hetero) is 1. The third kappa shape index (κ3) is 4.12. The maximum Gasteiger partial charge on any atom is 0.243 e. The first kappa shape index (κ1) is 21.9. The molecule has 3 heterocycles. The van der Waals surface area contributed by atoms with E-state index in [4.69, 9.17) is 0 Å². The number of nitrogens with zero attached hydrogens (tertiary/aromatic N) is 4. The van der Waals surface area contributed by atoms with E-state index < -0.39 is 10.0 Å². The highest BCUT2D eigenvalue weighted by Crippen LogP contribution is 2.28. The Labute approximate surface area is 193 Å². The van der Waals surface area contributed by atoms with Crippen LogP contribution in [-0.4, -0.2) is 66.1 Å². The number of benzene rings is 2. The van der Waals surface area contributed by atoms with Crippen molar-refractivity contribution in [2.24, 2.45) is 0 Å². The lowest BCUT2D eigenvalue weighted by Gasteiger charge is -2.33. The lowest BCUT2D eigenvalue weighted by atomic mass is 10.0. The average Bonchev–Trinajstić information content (AvgIpc) is 2.82. The first-order valence-electron chi connectivity index (χ1n) is 11.2. The maximum atomic E-state index is 13.1. The van der Waals surface area contributed by atoms with Crippen LogP contribution in [0.5, 0.6) is 0 Å². The van der Waals surface area contributed by atoms with Gasteiger partial charge in [-0.15, -0.1) is 0 Å². The molecule has 0 atom stereocenters. The van der Waals surface area contributed by atoms with Crippen molar-refractivity contribution in [3.63, 3.8) is 0 Å². The fourth-order valence-corrected chi connectivity index (χ4v) is 5.85. The molecule has 0 spiro atoms. The van der Waals surface area contributed by atoms with Crippen LogP contribution < -0.4 is 5.32 Å². The van der Waals surface area contributed by atoms with Gasteiger partial charge in [0.1, 0.15) is 11.6 Å². The molecule has 8 nitrogen and oxygen atoms in total. The number of sulfonamides is 1. The Kier molecular flexibility index (Phi) is 5.64. The van der Waals surface area contributed by atoms with Gasteiger partial charge in [0.25, 0.3) is 0 Å². The quantitative estimate of drug-likeness (QED) is 0.619. The van der Waals surface area contributed by atoms with Crippen molar-refractivity contribution >= 4 is 32.5 Å². The molecule has 0 radical (unpaired) electrons. The molecule has 2 aliphatic heterocycles. The van der Waals surface area contributed by atoms with Crippen molar-refractivity contribution in [1.29, 1.82) is 0 Å². The van der Waals surface area contributed by atoms with Crippen LogP contribution >= 0.6 is 0 Å². The molecule has 33 heavy (non-hydrogen) atoms. The van der Waals surface area contributed by atoms with E-state index in [1.165, 1.54) is 0 Å². The number of anilines is 1. The fourth-order valence-electron chi connectivity index (χ4n) is 4.42. The summed E-state index contributed by atoms with van der Waals surface area (Å²) < 4.78 is 27.7. The van der Waals surface area contributed by atoms with Gasteiger partial charge in [-0.2, -0.15) is 4.31 Å². The lowest BCUT2D eigenvalue weighted by Crippen LogP contribution is -2.48. The van der Waals surface area contributed by atoms with Crippen LogP contribution in [0.1, 0.15) is 41.5 Å². The number of carbonyl (C=O) groups is 1. The minimum absolute atomic E-state index is 0.0422. The zero-order valence-corrected chi connectivity index (χ0v) is 19.6. The first-order valence-corrected chi connectivity index (χ1v) is 12.7. The number of aromatic nitrogens is 2. The molecule has 9 heteroatoms. The Bertz CT molecular complexity index is 1310. The molecule has 172 valence electrons. The molecule has 1 saturated heterocycles. The largest absolute Gasteiger partial charge is 0.362 e. The molecule has 5 rings (SSSR count). The van der Waals surface area contributed by atoms with Crippen LogP contribution in [0.3, 0.4) is 0 Å². The summed E-state index contributed by atoms with van der Waals surface area (Å²) in [4.78, 5) is 24.0. The van der Waals surface area contributed by atoms with Gasteiger partial charge in [-0.3, -0.25) is 9.69 Å². The Morgan fingerprint density at radius 2 is 1.73 bits per heavy atom. The molecule has 0 unspecified atom stereocenters. The van der Waals surface area contributed by atoms with Gasteiger partial charge in [0, 0.05) is 31.7 Å². The van der Waals surface area contributed by atoms with Crippen molar-refractivity contribution in [3.8, 4) is 0 Å². The van der Waals surface area contributed by atoms with E-state index in [1.807, 2.05) is 30.3 Å². The van der Waals surface area contributed by atoms with Gasteiger partial charge in [0.15, 0.2) is 5.78 Å². The zero-order chi connectivity index (χ0) is 23.2. The maximum absolute atomic E-state index is 13.1. The SMILES string of the molecule is CC(C)c1ccc(S(=O)(=O)N2CCN(Cc3nc4c5c(cccc5n3)C(=O)CN4)CC2)cc1. The number of hydrogen-bond donors (Lipinski definition) is 1. The molecule has 0 aliphatic carbocycles. The smallest absolute Gasteiger partial charge is 0.243 e. The molecule has 0 amide bonds. The molecular formula is C24H27N5O3S. The van der Waals surface area contributed by atoms with Crippen LogP contribution in [0.25, 0.3) is 10.9 Å². The third-order valence-corrected chi connectivity index (χ3v) is 8.28. The summed E-state index contributed by atoms with van der Waals surface area (Å²) in [7, 11) is -3.51. The van der Waals surface area contributed by atoms with Crippen molar-refractivity contribution in [1.82, 2.24) is 19.2 Å².